The minimum absolute atomic E-state index is 0.226. The lowest BCUT2D eigenvalue weighted by molar-refractivity contribution is 0.0885. The second-order valence-corrected chi connectivity index (χ2v) is 9.39. The van der Waals surface area contributed by atoms with Crippen LogP contribution in [-0.4, -0.2) is 64.0 Å². The number of hydrogen-bond donors (Lipinski definition) is 0. The van der Waals surface area contributed by atoms with Crippen molar-refractivity contribution < 1.29 is 4.74 Å². The van der Waals surface area contributed by atoms with Crippen LogP contribution >= 0.6 is 11.6 Å². The molecule has 1 aromatic heterocycles. The highest BCUT2D eigenvalue weighted by atomic mass is 35.5. The molecule has 0 radical (unpaired) electrons. The molecule has 3 heterocycles. The van der Waals surface area contributed by atoms with Gasteiger partial charge in [0.1, 0.15) is 0 Å². The van der Waals surface area contributed by atoms with Gasteiger partial charge in [0.05, 0.1) is 18.7 Å². The third-order valence-corrected chi connectivity index (χ3v) is 6.45. The van der Waals surface area contributed by atoms with Crippen LogP contribution in [0.25, 0.3) is 0 Å². The molecule has 2 saturated heterocycles. The van der Waals surface area contributed by atoms with Crippen LogP contribution in [0.15, 0.2) is 18.2 Å². The first-order chi connectivity index (χ1) is 14.5. The van der Waals surface area contributed by atoms with E-state index in [9.17, 15) is 0 Å². The minimum atomic E-state index is 0.226. The molecule has 0 aliphatic carbocycles. The van der Waals surface area contributed by atoms with E-state index in [1.165, 1.54) is 11.3 Å². The van der Waals surface area contributed by atoms with Crippen molar-refractivity contribution in [1.82, 2.24) is 25.1 Å². The third-order valence-electron chi connectivity index (χ3n) is 6.22. The highest BCUT2D eigenvalue weighted by Gasteiger charge is 2.31. The summed E-state index contributed by atoms with van der Waals surface area (Å²) in [4.78, 5) is 4.99. The first-order valence-electron chi connectivity index (χ1n) is 11.1. The van der Waals surface area contributed by atoms with Gasteiger partial charge in [-0.1, -0.05) is 31.5 Å². The number of hydrogen-bond acceptors (Lipinski definition) is 6. The maximum Gasteiger partial charge on any atom is 0.168 e. The fraction of sp³-hybridized carbons (Fsp3) is 0.682. The van der Waals surface area contributed by atoms with Crippen molar-refractivity contribution in [3.63, 3.8) is 0 Å². The summed E-state index contributed by atoms with van der Waals surface area (Å²) in [6, 6.07) is 6.37. The van der Waals surface area contributed by atoms with E-state index < -0.39 is 0 Å². The molecule has 2 fully saturated rings. The lowest BCUT2D eigenvalue weighted by atomic mass is 10.0. The fourth-order valence-corrected chi connectivity index (χ4v) is 4.79. The fourth-order valence-electron chi connectivity index (χ4n) is 4.62. The maximum atomic E-state index is 6.25. The number of tetrazole rings is 1. The Morgan fingerprint density at radius 3 is 2.70 bits per heavy atom. The summed E-state index contributed by atoms with van der Waals surface area (Å²) in [5, 5.41) is 13.6. The van der Waals surface area contributed by atoms with Gasteiger partial charge in [0.2, 0.25) is 0 Å². The highest BCUT2D eigenvalue weighted by Crippen LogP contribution is 2.30. The molecule has 2 atom stereocenters. The zero-order valence-corrected chi connectivity index (χ0v) is 19.1. The standard InChI is InChI=1S/C22H33ClN6O/c1-16(2)13-21(22-24-25-26-29(22)15-19-5-4-12-30-19)28-10-8-27(9-11-28)20-14-18(23)7-6-17(20)3/h6-7,14,16,19,21H,4-5,8-13,15H2,1-3H3/t19-,21+/m0/s1. The Labute approximate surface area is 184 Å². The summed E-state index contributed by atoms with van der Waals surface area (Å²) >= 11 is 6.25. The molecule has 0 amide bonds. The second-order valence-electron chi connectivity index (χ2n) is 8.95. The van der Waals surface area contributed by atoms with Crippen LogP contribution in [0.2, 0.25) is 5.02 Å². The van der Waals surface area contributed by atoms with Gasteiger partial charge in [-0.15, -0.1) is 5.10 Å². The molecule has 30 heavy (non-hydrogen) atoms. The number of aromatic nitrogens is 4. The molecule has 7 nitrogen and oxygen atoms in total. The molecule has 0 N–H and O–H groups in total. The molecular formula is C22H33ClN6O. The first-order valence-corrected chi connectivity index (χ1v) is 11.5. The van der Waals surface area contributed by atoms with E-state index in [1.54, 1.807) is 0 Å². The normalized spacial score (nSPS) is 21.5. The van der Waals surface area contributed by atoms with E-state index in [-0.39, 0.29) is 12.1 Å². The van der Waals surface area contributed by atoms with Crippen LogP contribution in [0.3, 0.4) is 0 Å². The monoisotopic (exact) mass is 432 g/mol. The summed E-state index contributed by atoms with van der Waals surface area (Å²) in [5.41, 5.74) is 2.51. The molecule has 2 aliphatic rings. The van der Waals surface area contributed by atoms with Crippen LogP contribution in [0.4, 0.5) is 5.69 Å². The molecule has 0 spiro atoms. The van der Waals surface area contributed by atoms with Gasteiger partial charge in [0.25, 0.3) is 0 Å². The zero-order valence-electron chi connectivity index (χ0n) is 18.3. The van der Waals surface area contributed by atoms with Crippen molar-refractivity contribution >= 4 is 17.3 Å². The number of ether oxygens (including phenoxy) is 1. The lowest BCUT2D eigenvalue weighted by Gasteiger charge is -2.40. The zero-order chi connectivity index (χ0) is 21.1. The Morgan fingerprint density at radius 2 is 2.00 bits per heavy atom. The molecule has 4 rings (SSSR count). The number of piperazine rings is 1. The molecule has 2 aliphatic heterocycles. The Kier molecular flexibility index (Phi) is 6.91. The maximum absolute atomic E-state index is 6.25. The topological polar surface area (TPSA) is 59.3 Å². The van der Waals surface area contributed by atoms with E-state index in [1.807, 2.05) is 10.7 Å². The highest BCUT2D eigenvalue weighted by molar-refractivity contribution is 6.30. The van der Waals surface area contributed by atoms with Gasteiger partial charge in [0.15, 0.2) is 5.82 Å². The van der Waals surface area contributed by atoms with Crippen molar-refractivity contribution in [2.75, 3.05) is 37.7 Å². The smallest absolute Gasteiger partial charge is 0.168 e. The number of rotatable bonds is 7. The molecule has 2 aromatic rings. The van der Waals surface area contributed by atoms with E-state index in [2.05, 4.69) is 58.2 Å². The SMILES string of the molecule is Cc1ccc(Cl)cc1N1CCN([C@H](CC(C)C)c2nnnn2C[C@@H]2CCCO2)CC1. The van der Waals surface area contributed by atoms with Gasteiger partial charge in [-0.25, -0.2) is 4.68 Å². The molecule has 0 saturated carbocycles. The Morgan fingerprint density at radius 1 is 1.20 bits per heavy atom. The van der Waals surface area contributed by atoms with E-state index in [4.69, 9.17) is 16.3 Å². The van der Waals surface area contributed by atoms with Crippen molar-refractivity contribution in [2.24, 2.45) is 5.92 Å². The van der Waals surface area contributed by atoms with Gasteiger partial charge in [-0.05, 0) is 60.2 Å². The molecule has 8 heteroatoms. The van der Waals surface area contributed by atoms with Gasteiger partial charge in [-0.2, -0.15) is 0 Å². The Bertz CT molecular complexity index is 827. The molecule has 164 valence electrons. The summed E-state index contributed by atoms with van der Waals surface area (Å²) in [7, 11) is 0. The van der Waals surface area contributed by atoms with Crippen LogP contribution in [0.1, 0.15) is 50.5 Å². The molecule has 1 aromatic carbocycles. The Balaban J connectivity index is 1.48. The number of aryl methyl sites for hydroxylation is 1. The van der Waals surface area contributed by atoms with Gasteiger partial charge in [-0.3, -0.25) is 4.90 Å². The van der Waals surface area contributed by atoms with Gasteiger partial charge in [0, 0.05) is 43.5 Å². The molecular weight excluding hydrogens is 400 g/mol. The Hall–Kier alpha value is -1.70. The van der Waals surface area contributed by atoms with Gasteiger partial charge < -0.3 is 9.64 Å². The number of halogens is 1. The van der Waals surface area contributed by atoms with E-state index in [0.29, 0.717) is 5.92 Å². The van der Waals surface area contributed by atoms with Gasteiger partial charge >= 0.3 is 0 Å². The van der Waals surface area contributed by atoms with Crippen LogP contribution in [0.5, 0.6) is 0 Å². The van der Waals surface area contributed by atoms with Crippen molar-refractivity contribution in [3.05, 3.63) is 34.6 Å². The summed E-state index contributed by atoms with van der Waals surface area (Å²) < 4.78 is 7.81. The predicted octanol–water partition coefficient (Wildman–Crippen LogP) is 3.72. The predicted molar refractivity (Wildman–Crippen MR) is 119 cm³/mol. The van der Waals surface area contributed by atoms with Crippen LogP contribution < -0.4 is 4.90 Å². The first kappa shape index (κ1) is 21.5. The van der Waals surface area contributed by atoms with Crippen LogP contribution in [0, 0.1) is 12.8 Å². The van der Waals surface area contributed by atoms with E-state index >= 15 is 0 Å². The minimum Gasteiger partial charge on any atom is -0.376 e. The summed E-state index contributed by atoms with van der Waals surface area (Å²) in [6.07, 6.45) is 3.49. The molecule has 0 unspecified atom stereocenters. The van der Waals surface area contributed by atoms with E-state index in [0.717, 1.165) is 69.4 Å². The van der Waals surface area contributed by atoms with Crippen molar-refractivity contribution in [3.8, 4) is 0 Å². The second kappa shape index (κ2) is 9.62. The summed E-state index contributed by atoms with van der Waals surface area (Å²) in [5.74, 6) is 1.54. The number of nitrogens with zero attached hydrogens (tertiary/aromatic N) is 6. The van der Waals surface area contributed by atoms with Crippen LogP contribution in [-0.2, 0) is 11.3 Å². The number of benzene rings is 1. The quantitative estimate of drug-likeness (QED) is 0.664. The third kappa shape index (κ3) is 4.95. The van der Waals surface area contributed by atoms with Crippen molar-refractivity contribution in [1.29, 1.82) is 0 Å². The molecule has 0 bridgehead atoms. The average Bonchev–Trinajstić information content (AvgIpc) is 3.41. The largest absolute Gasteiger partial charge is 0.376 e. The summed E-state index contributed by atoms with van der Waals surface area (Å²) in [6.45, 7) is 12.2. The van der Waals surface area contributed by atoms with Crippen molar-refractivity contribution in [2.45, 2.75) is 58.7 Å². The average molecular weight is 433 g/mol. The number of anilines is 1. The lowest BCUT2D eigenvalue weighted by Crippen LogP contribution is -2.48.